The van der Waals surface area contributed by atoms with Crippen LogP contribution in [0.5, 0.6) is 0 Å². The fraction of sp³-hybridized carbons (Fsp3) is 0.234. The number of carbonyl (C=O) groups is 1. The van der Waals surface area contributed by atoms with Gasteiger partial charge in [0.1, 0.15) is 6.10 Å². The van der Waals surface area contributed by atoms with Crippen LogP contribution in [0.25, 0.3) is 291 Å². The number of carbonyl (C=O) groups excluding carboxylic acids is 1. The molecule has 28 aromatic rings. The zero-order valence-electron chi connectivity index (χ0n) is 42.8. The first kappa shape index (κ1) is 33.4. The zero-order valence-corrected chi connectivity index (χ0v) is 42.8. The molecule has 1 saturated carbocycles. The van der Waals surface area contributed by atoms with Gasteiger partial charge in [-0.05, 0) is 339 Å². The number of ether oxygens (including phenoxy) is 1. The van der Waals surface area contributed by atoms with Crippen LogP contribution in [0.3, 0.4) is 0 Å². The number of esters is 1. The molecule has 1 fully saturated rings. The van der Waals surface area contributed by atoms with Crippen LogP contribution in [0.15, 0.2) is 0 Å². The van der Waals surface area contributed by atoms with E-state index in [0.29, 0.717) is 6.42 Å². The van der Waals surface area contributed by atoms with Crippen LogP contribution in [-0.2, 0) is 20.4 Å². The van der Waals surface area contributed by atoms with Crippen molar-refractivity contribution in [3.05, 3.63) is 22.3 Å². The van der Waals surface area contributed by atoms with Gasteiger partial charge in [-0.15, -0.1) is 0 Å². The van der Waals surface area contributed by atoms with Crippen LogP contribution in [0.2, 0.25) is 0 Å². The highest BCUT2D eigenvalue weighted by atomic mass is 16.5. The summed E-state index contributed by atoms with van der Waals surface area (Å²) in [5, 5.41) is 89.1. The van der Waals surface area contributed by atoms with Crippen molar-refractivity contribution >= 4 is 297 Å². The molecule has 2 spiro atoms. The second-order valence-electron chi connectivity index (χ2n) is 29.3. The lowest BCUT2D eigenvalue weighted by atomic mass is 9.43. The van der Waals surface area contributed by atoms with Crippen molar-refractivity contribution < 1.29 is 9.53 Å². The minimum absolute atomic E-state index is 0.0600. The Labute approximate surface area is 439 Å². The smallest absolute Gasteiger partial charge is 0.306 e. The van der Waals surface area contributed by atoms with E-state index in [1.165, 1.54) is 51.4 Å². The summed E-state index contributed by atoms with van der Waals surface area (Å²) in [6, 6.07) is 0. The van der Waals surface area contributed by atoms with Gasteiger partial charge in [0.25, 0.3) is 0 Å². The Morgan fingerprint density at radius 3 is 0.734 bits per heavy atom. The zero-order chi connectivity index (χ0) is 48.2. The van der Waals surface area contributed by atoms with Gasteiger partial charge in [0.2, 0.25) is 0 Å². The van der Waals surface area contributed by atoms with Gasteiger partial charge in [-0.2, -0.15) is 0 Å². The maximum absolute atomic E-state index is 14.7. The van der Waals surface area contributed by atoms with Crippen molar-refractivity contribution in [2.75, 3.05) is 0 Å². The molecule has 0 saturated heterocycles. The maximum Gasteiger partial charge on any atom is 0.306 e. The molecule has 2 heteroatoms. The van der Waals surface area contributed by atoms with E-state index in [0.717, 1.165) is 32.1 Å². The number of benzene rings is 18. The van der Waals surface area contributed by atoms with Crippen LogP contribution < -0.4 is 0 Å². The van der Waals surface area contributed by atoms with Gasteiger partial charge in [-0.3, -0.25) is 4.79 Å². The van der Waals surface area contributed by atoms with Gasteiger partial charge in [0.15, 0.2) is 0 Å². The molecule has 1 unspecified atom stereocenters. The van der Waals surface area contributed by atoms with Crippen LogP contribution in [-0.4, -0.2) is 12.1 Å². The Hall–Kier alpha value is -8.07. The Balaban J connectivity index is 0.862. The Morgan fingerprint density at radius 2 is 0.494 bits per heavy atom. The molecule has 352 valence electrons. The number of rotatable bonds is 12. The van der Waals surface area contributed by atoms with Gasteiger partial charge < -0.3 is 4.74 Å². The molecule has 0 amide bonds. The highest BCUT2D eigenvalue weighted by molar-refractivity contribution is 6.82. The Morgan fingerprint density at radius 1 is 0.291 bits per heavy atom. The van der Waals surface area contributed by atoms with Gasteiger partial charge >= 0.3 is 5.97 Å². The minimum atomic E-state index is -0.349. The van der Waals surface area contributed by atoms with E-state index in [1.807, 2.05) is 0 Å². The molecule has 28 aromatic carbocycles. The topological polar surface area (TPSA) is 26.3 Å². The molecule has 1 atom stereocenters. The lowest BCUT2D eigenvalue weighted by molar-refractivity contribution is -0.152. The predicted molar refractivity (Wildman–Crippen MR) is 334 cm³/mol. The summed E-state index contributed by atoms with van der Waals surface area (Å²) in [6.07, 6.45) is 16.0. The summed E-state index contributed by atoms with van der Waals surface area (Å²) in [4.78, 5) is 14.7. The predicted octanol–water partition coefficient (Wildman–Crippen LogP) is 21.7. The number of hydrogen-bond donors (Lipinski definition) is 0. The quantitative estimate of drug-likeness (QED) is 0.0693. The van der Waals surface area contributed by atoms with Crippen molar-refractivity contribution in [2.45, 2.75) is 114 Å². The molecular formula is C77H32O2. The lowest BCUT2D eigenvalue weighted by Gasteiger charge is -2.58. The fourth-order valence-electron chi connectivity index (χ4n) is 27.3. The van der Waals surface area contributed by atoms with E-state index in [9.17, 15) is 4.79 Å². The SMILES string of the molecule is CCCCCCCCCCCCC(=O)OC1CCC23c4c5c6c7c8c9c(c%10c%11c2c2c4c4c%12c5c5c6c6c8c8c%13c9c9c%10c%10c%11c%11c2c2c4c4c%12c%12c5c5c6c8c6c8c%13c9c9c%10c%10c%11c2c2c4c4c%12c5c6c5c8c9c%10c2c45)C73C1. The van der Waals surface area contributed by atoms with Gasteiger partial charge in [0.05, 0.1) is 0 Å². The Kier molecular flexibility index (Phi) is 3.55. The van der Waals surface area contributed by atoms with E-state index in [4.69, 9.17) is 4.74 Å². The van der Waals surface area contributed by atoms with E-state index in [1.54, 1.807) is 313 Å². The van der Waals surface area contributed by atoms with Gasteiger partial charge in [-0.1, -0.05) is 64.7 Å². The summed E-state index contributed by atoms with van der Waals surface area (Å²) in [7, 11) is 0. The van der Waals surface area contributed by atoms with E-state index >= 15 is 0 Å². The molecule has 0 heterocycles. The third-order valence-corrected chi connectivity index (χ3v) is 28.1. The highest BCUT2D eigenvalue weighted by Crippen LogP contribution is 2.86. The second kappa shape index (κ2) is 8.40. The highest BCUT2D eigenvalue weighted by Gasteiger charge is 2.71. The van der Waals surface area contributed by atoms with Crippen LogP contribution >= 0.6 is 0 Å². The van der Waals surface area contributed by atoms with Crippen molar-refractivity contribution in [3.63, 3.8) is 0 Å². The molecule has 0 aromatic heterocycles. The normalized spacial score (nSPS) is 22.4. The summed E-state index contributed by atoms with van der Waals surface area (Å²) < 4.78 is 7.18. The van der Waals surface area contributed by atoms with Crippen molar-refractivity contribution in [2.24, 2.45) is 0 Å². The average Bonchev–Trinajstić information content (AvgIpc) is 1.59. The van der Waals surface area contributed by atoms with Gasteiger partial charge in [0, 0.05) is 17.3 Å². The molecule has 0 N–H and O–H groups in total. The number of unbranched alkanes of at least 4 members (excludes halogenated alkanes) is 9. The summed E-state index contributed by atoms with van der Waals surface area (Å²) in [6.45, 7) is 2.31. The molecule has 0 bridgehead atoms. The molecule has 0 radical (unpaired) electrons. The maximum atomic E-state index is 14.7. The van der Waals surface area contributed by atoms with Crippen molar-refractivity contribution in [3.8, 4) is 0 Å². The van der Waals surface area contributed by atoms with Crippen molar-refractivity contribution in [1.82, 2.24) is 0 Å². The summed E-state index contributed by atoms with van der Waals surface area (Å²) in [5.74, 6) is 0.0600. The monoisotopic (exact) mass is 988 g/mol. The minimum Gasteiger partial charge on any atom is -0.462 e. The standard InChI is InChI=1S/C77H32O2/c1-2-3-4-5-6-7-8-9-10-11-12-17(78)79-16-13-14-76-72-64-56-46-36-28-20-18-19-22-26-24(20)32-40-34(26)44-38-30(22)31-23(19)27-25-21(18)29(28)37-43-33(25)41-35(27)45-39(31)49-48(38)58-52(44)62-54(40)60(50(56)42(32)36)66(72)68(62)74-70(58)71-59(49)53(45)63-55(41)61-51(43)57(47(37)46)65(64)73(76)67(61)69(63)75(71)77(74,76)15-16/h16H,2-15H2,1H3. The van der Waals surface area contributed by atoms with Gasteiger partial charge in [-0.25, -0.2) is 0 Å². The average molecular weight is 989 g/mol. The third kappa shape index (κ3) is 2.10. The second-order valence-corrected chi connectivity index (χ2v) is 29.3. The molecular weight excluding hydrogens is 957 g/mol. The lowest BCUT2D eigenvalue weighted by Crippen LogP contribution is -2.57. The van der Waals surface area contributed by atoms with Crippen LogP contribution in [0, 0.1) is 0 Å². The van der Waals surface area contributed by atoms with E-state index in [2.05, 4.69) is 6.92 Å². The molecule has 79 heavy (non-hydrogen) atoms. The first-order valence-electron chi connectivity index (χ1n) is 31.2. The van der Waals surface area contributed by atoms with Crippen LogP contribution in [0.4, 0.5) is 0 Å². The molecule has 5 aliphatic rings. The molecule has 33 rings (SSSR count). The summed E-state index contributed by atoms with van der Waals surface area (Å²) >= 11 is 0. The van der Waals surface area contributed by atoms with E-state index in [-0.39, 0.29) is 22.9 Å². The third-order valence-electron chi connectivity index (χ3n) is 28.1. The molecule has 0 aliphatic heterocycles. The molecule has 2 nitrogen and oxygen atoms in total. The van der Waals surface area contributed by atoms with Crippen molar-refractivity contribution in [1.29, 1.82) is 0 Å². The molecule has 5 aliphatic carbocycles. The fourth-order valence-corrected chi connectivity index (χ4v) is 27.3. The van der Waals surface area contributed by atoms with Crippen LogP contribution in [0.1, 0.15) is 119 Å². The Bertz CT molecular complexity index is 7160. The summed E-state index contributed by atoms with van der Waals surface area (Å²) in [5.41, 5.74) is 6.31. The largest absolute Gasteiger partial charge is 0.462 e. The number of hydrogen-bond acceptors (Lipinski definition) is 2. The first-order valence-corrected chi connectivity index (χ1v) is 31.2. The first-order chi connectivity index (χ1) is 39.3. The van der Waals surface area contributed by atoms with E-state index < -0.39 is 0 Å².